The van der Waals surface area contributed by atoms with Gasteiger partial charge in [-0.1, -0.05) is 65.0 Å². The van der Waals surface area contributed by atoms with E-state index in [0.717, 1.165) is 50.5 Å². The molecule has 0 amide bonds. The number of nitrogens with zero attached hydrogens (tertiary/aromatic N) is 1. The van der Waals surface area contributed by atoms with Crippen molar-refractivity contribution in [2.45, 2.75) is 138 Å². The van der Waals surface area contributed by atoms with Crippen LogP contribution in [0.3, 0.4) is 0 Å². The molecular weight excluding hydrogens is 687 g/mol. The maximum atomic E-state index is 14.7. The Morgan fingerprint density at radius 2 is 1.45 bits per heavy atom. The van der Waals surface area contributed by atoms with Gasteiger partial charge in [0.05, 0.1) is 12.0 Å². The van der Waals surface area contributed by atoms with Crippen molar-refractivity contribution >= 4 is 29.1 Å². The Morgan fingerprint density at radius 3 is 2.09 bits per heavy atom. The topological polar surface area (TPSA) is 112 Å². The highest BCUT2D eigenvalue weighted by atomic mass is 16.4. The molecule has 4 saturated carbocycles. The molecule has 0 saturated heterocycles. The Labute approximate surface area is 330 Å². The summed E-state index contributed by atoms with van der Waals surface area (Å²) in [6.45, 7) is 22.8. The van der Waals surface area contributed by atoms with Gasteiger partial charge in [0.25, 0.3) is 0 Å². The molecule has 7 nitrogen and oxygen atoms in total. The number of hydrogen-bond acceptors (Lipinski definition) is 5. The van der Waals surface area contributed by atoms with Gasteiger partial charge in [0.2, 0.25) is 0 Å². The summed E-state index contributed by atoms with van der Waals surface area (Å²) >= 11 is 0. The highest BCUT2D eigenvalue weighted by Crippen LogP contribution is 2.78. The summed E-state index contributed by atoms with van der Waals surface area (Å²) in [5.41, 5.74) is 4.22. The van der Waals surface area contributed by atoms with Crippen molar-refractivity contribution in [3.05, 3.63) is 53.6 Å². The first-order valence-electron chi connectivity index (χ1n) is 21.5. The molecule has 9 atom stereocenters. The second-order valence-corrected chi connectivity index (χ2v) is 20.1. The van der Waals surface area contributed by atoms with Crippen molar-refractivity contribution in [3.63, 3.8) is 0 Å². The SMILES string of the molecule is C=C(C)[C@@H]1CC[C@]2(C(=O)CCCCN(CCC(C)=O)CCC(=O)O)CC[C@]3(C)[C@H](CC[C@@H]4[C@@]5(C)CC=C(c6ccc(C(=O)O)cc6)C(C)(C)[C@@H]5CC[C@]43C)[C@@H]12. The highest BCUT2D eigenvalue weighted by molar-refractivity contribution is 5.88. The van der Waals surface area contributed by atoms with Gasteiger partial charge in [-0.15, -0.1) is 0 Å². The Hall–Kier alpha value is -3.06. The van der Waals surface area contributed by atoms with E-state index in [1.165, 1.54) is 36.8 Å². The van der Waals surface area contributed by atoms with Gasteiger partial charge in [-0.05, 0) is 166 Å². The monoisotopic (exact) mass is 756 g/mol. The van der Waals surface area contributed by atoms with Gasteiger partial charge >= 0.3 is 11.9 Å². The molecule has 4 fully saturated rings. The summed E-state index contributed by atoms with van der Waals surface area (Å²) in [5.74, 6) is 1.17. The van der Waals surface area contributed by atoms with Gasteiger partial charge in [0.1, 0.15) is 11.6 Å². The Balaban J connectivity index is 1.21. The van der Waals surface area contributed by atoms with Crippen molar-refractivity contribution in [2.24, 2.45) is 56.7 Å². The molecule has 0 heterocycles. The van der Waals surface area contributed by atoms with E-state index in [1.807, 2.05) is 12.1 Å². The normalized spacial score (nSPS) is 36.1. The number of rotatable bonds is 15. The van der Waals surface area contributed by atoms with Gasteiger partial charge in [-0.3, -0.25) is 14.4 Å². The van der Waals surface area contributed by atoms with Crippen LogP contribution in [0.5, 0.6) is 0 Å². The van der Waals surface area contributed by atoms with Crippen molar-refractivity contribution in [1.82, 2.24) is 4.90 Å². The summed E-state index contributed by atoms with van der Waals surface area (Å²) in [6, 6.07) is 7.49. The molecule has 0 spiro atoms. The number of allylic oxidation sites excluding steroid dienone is 3. The molecule has 1 aromatic rings. The lowest BCUT2D eigenvalue weighted by Gasteiger charge is -2.72. The Morgan fingerprint density at radius 1 is 0.764 bits per heavy atom. The summed E-state index contributed by atoms with van der Waals surface area (Å²) in [7, 11) is 0. The minimum atomic E-state index is -0.889. The second kappa shape index (κ2) is 15.4. The van der Waals surface area contributed by atoms with Crippen LogP contribution in [0.2, 0.25) is 0 Å². The minimum Gasteiger partial charge on any atom is -0.481 e. The molecule has 302 valence electrons. The zero-order valence-electron chi connectivity index (χ0n) is 35.0. The van der Waals surface area contributed by atoms with Crippen LogP contribution in [-0.4, -0.2) is 58.3 Å². The molecule has 0 radical (unpaired) electrons. The highest BCUT2D eigenvalue weighted by Gasteiger charge is 2.71. The first kappa shape index (κ1) is 41.6. The van der Waals surface area contributed by atoms with Gasteiger partial charge in [-0.25, -0.2) is 4.79 Å². The number of unbranched alkanes of at least 4 members (excludes halogenated alkanes) is 1. The maximum Gasteiger partial charge on any atom is 0.335 e. The Bertz CT molecular complexity index is 1690. The number of Topliss-reactive ketones (excluding diaryl/α,β-unsaturated/α-hetero) is 2. The van der Waals surface area contributed by atoms with E-state index in [2.05, 4.69) is 59.1 Å². The van der Waals surface area contributed by atoms with Crippen LogP contribution in [0.4, 0.5) is 0 Å². The fourth-order valence-corrected chi connectivity index (χ4v) is 14.3. The molecule has 0 unspecified atom stereocenters. The number of carbonyl (C=O) groups excluding carboxylic acids is 2. The molecule has 0 bridgehead atoms. The molecule has 5 aliphatic rings. The summed E-state index contributed by atoms with van der Waals surface area (Å²) in [5, 5.41) is 18.8. The number of carboxylic acids is 2. The summed E-state index contributed by atoms with van der Waals surface area (Å²) in [4.78, 5) is 51.3. The fraction of sp³-hybridized carbons (Fsp3) is 0.708. The van der Waals surface area contributed by atoms with E-state index < -0.39 is 11.9 Å². The van der Waals surface area contributed by atoms with E-state index in [1.54, 1.807) is 19.1 Å². The summed E-state index contributed by atoms with van der Waals surface area (Å²) < 4.78 is 0. The number of ketones is 2. The third kappa shape index (κ3) is 7.12. The van der Waals surface area contributed by atoms with Crippen LogP contribution in [0.25, 0.3) is 5.57 Å². The number of carbonyl (C=O) groups is 4. The fourth-order valence-electron chi connectivity index (χ4n) is 14.3. The predicted molar refractivity (Wildman–Crippen MR) is 219 cm³/mol. The van der Waals surface area contributed by atoms with Crippen LogP contribution < -0.4 is 0 Å². The molecule has 55 heavy (non-hydrogen) atoms. The second-order valence-electron chi connectivity index (χ2n) is 20.1. The van der Waals surface area contributed by atoms with Crippen molar-refractivity contribution in [1.29, 1.82) is 0 Å². The van der Waals surface area contributed by atoms with Gasteiger partial charge in [0, 0.05) is 31.3 Å². The molecule has 0 aromatic heterocycles. The van der Waals surface area contributed by atoms with Gasteiger partial charge in [-0.2, -0.15) is 0 Å². The van der Waals surface area contributed by atoms with Gasteiger partial charge in [0.15, 0.2) is 0 Å². The van der Waals surface area contributed by atoms with Crippen LogP contribution in [0, 0.1) is 56.7 Å². The lowest BCUT2D eigenvalue weighted by atomic mass is 9.32. The quantitative estimate of drug-likeness (QED) is 0.135. The Kier molecular flexibility index (Phi) is 11.6. The zero-order valence-corrected chi connectivity index (χ0v) is 35.0. The third-order valence-electron chi connectivity index (χ3n) is 17.2. The molecule has 1 aromatic carbocycles. The molecule has 7 heteroatoms. The number of hydrogen-bond donors (Lipinski definition) is 2. The smallest absolute Gasteiger partial charge is 0.335 e. The standard InChI is InChI=1S/C48H69NO6/c1-31(2)35-18-25-48(40(51)11-9-10-28-49(29-21-32(3)50)30-22-41(52)53)27-26-46(7)37(42(35)48)16-17-39-45(6)23-19-36(33-12-14-34(15-13-33)43(54)55)44(4,5)38(45)20-24-47(39,46)8/h12-15,19,35,37-39,42H,1,9-11,16-18,20-30H2,2-8H3,(H,52,53)(H,54,55)/t35-,37+,38-,39+,42+,45-,46+,47+,48+/m0/s1. The lowest BCUT2D eigenvalue weighted by Crippen LogP contribution is -2.65. The van der Waals surface area contributed by atoms with E-state index in [-0.39, 0.29) is 39.3 Å². The first-order valence-corrected chi connectivity index (χ1v) is 21.5. The molecule has 6 rings (SSSR count). The van der Waals surface area contributed by atoms with Crippen LogP contribution >= 0.6 is 0 Å². The van der Waals surface area contributed by atoms with Crippen LogP contribution in [0.15, 0.2) is 42.5 Å². The number of benzene rings is 1. The van der Waals surface area contributed by atoms with Crippen LogP contribution in [0.1, 0.15) is 154 Å². The largest absolute Gasteiger partial charge is 0.481 e. The average Bonchev–Trinajstić information content (AvgIpc) is 3.52. The zero-order chi connectivity index (χ0) is 40.1. The van der Waals surface area contributed by atoms with E-state index in [4.69, 9.17) is 0 Å². The molecule has 5 aliphatic carbocycles. The van der Waals surface area contributed by atoms with Crippen molar-refractivity contribution < 1.29 is 29.4 Å². The first-order chi connectivity index (χ1) is 25.8. The number of aliphatic carboxylic acids is 1. The van der Waals surface area contributed by atoms with Crippen molar-refractivity contribution in [3.8, 4) is 0 Å². The van der Waals surface area contributed by atoms with Crippen molar-refractivity contribution in [2.75, 3.05) is 19.6 Å². The maximum absolute atomic E-state index is 14.7. The molecule has 0 aliphatic heterocycles. The van der Waals surface area contributed by atoms with E-state index >= 15 is 0 Å². The molecular formula is C48H69NO6. The average molecular weight is 756 g/mol. The number of fused-ring (bicyclic) bond motifs is 7. The predicted octanol–water partition coefficient (Wildman–Crippen LogP) is 10.5. The van der Waals surface area contributed by atoms with Gasteiger partial charge < -0.3 is 15.1 Å². The number of aromatic carboxylic acids is 1. The summed E-state index contributed by atoms with van der Waals surface area (Å²) in [6.07, 6.45) is 15.1. The third-order valence-corrected chi connectivity index (χ3v) is 17.2. The van der Waals surface area contributed by atoms with E-state index in [0.29, 0.717) is 73.4 Å². The minimum absolute atomic E-state index is 0.0395. The number of carboxylic acid groups (broad SMARTS) is 2. The van der Waals surface area contributed by atoms with E-state index in [9.17, 15) is 29.4 Å². The molecule has 2 N–H and O–H groups in total. The lowest BCUT2D eigenvalue weighted by molar-refractivity contribution is -0.224. The van der Waals surface area contributed by atoms with Crippen LogP contribution in [-0.2, 0) is 14.4 Å².